The first kappa shape index (κ1) is 8.07. The summed E-state index contributed by atoms with van der Waals surface area (Å²) in [6.07, 6.45) is 6.46. The zero-order chi connectivity index (χ0) is 8.44. The molecule has 1 aliphatic carbocycles. The summed E-state index contributed by atoms with van der Waals surface area (Å²) in [5, 5.41) is 8.41. The number of nitrogens with zero attached hydrogens (tertiary/aromatic N) is 2. The predicted octanol–water partition coefficient (Wildman–Crippen LogP) is 1.78. The fourth-order valence-corrected chi connectivity index (χ4v) is 2.71. The van der Waals surface area contributed by atoms with Gasteiger partial charge >= 0.3 is 0 Å². The Morgan fingerprint density at radius 3 is 2.50 bits per heavy atom. The predicted molar refractivity (Wildman–Crippen MR) is 47.6 cm³/mol. The van der Waals surface area contributed by atoms with Crippen LogP contribution in [-0.2, 0) is 0 Å². The second-order valence-electron chi connectivity index (χ2n) is 4.33. The van der Waals surface area contributed by atoms with Crippen LogP contribution in [0, 0.1) is 16.7 Å². The molecule has 0 radical (unpaired) electrons. The smallest absolute Gasteiger partial charge is 0.0635 e. The zero-order valence-corrected chi connectivity index (χ0v) is 7.55. The van der Waals surface area contributed by atoms with Gasteiger partial charge in [-0.2, -0.15) is 5.26 Å². The summed E-state index contributed by atoms with van der Waals surface area (Å²) >= 11 is 0. The Bertz CT molecular complexity index is 190. The van der Waals surface area contributed by atoms with Crippen LogP contribution >= 0.6 is 0 Å². The lowest BCUT2D eigenvalue weighted by atomic mass is 9.78. The Kier molecular flexibility index (Phi) is 2.06. The van der Waals surface area contributed by atoms with Crippen molar-refractivity contribution in [2.24, 2.45) is 5.41 Å². The van der Waals surface area contributed by atoms with E-state index in [-0.39, 0.29) is 0 Å². The minimum absolute atomic E-state index is 0.704. The molecule has 1 aliphatic heterocycles. The molecular formula is C10H16N2. The molecule has 0 aromatic carbocycles. The number of nitriles is 1. The molecule has 1 saturated heterocycles. The van der Waals surface area contributed by atoms with Crippen LogP contribution in [0.4, 0.5) is 0 Å². The van der Waals surface area contributed by atoms with Gasteiger partial charge in [0.15, 0.2) is 0 Å². The van der Waals surface area contributed by atoms with Crippen molar-refractivity contribution in [2.45, 2.75) is 32.1 Å². The van der Waals surface area contributed by atoms with E-state index in [4.69, 9.17) is 5.26 Å². The van der Waals surface area contributed by atoms with E-state index in [2.05, 4.69) is 11.0 Å². The quantitative estimate of drug-likeness (QED) is 0.622. The average molecular weight is 164 g/mol. The van der Waals surface area contributed by atoms with Gasteiger partial charge in [0, 0.05) is 26.1 Å². The van der Waals surface area contributed by atoms with Crippen LogP contribution in [-0.4, -0.2) is 24.5 Å². The highest BCUT2D eigenvalue weighted by Gasteiger charge is 2.43. The molecule has 0 atom stereocenters. The first-order valence-electron chi connectivity index (χ1n) is 4.94. The number of likely N-dealkylation sites (tertiary alicyclic amines) is 1. The molecule has 66 valence electrons. The van der Waals surface area contributed by atoms with Crippen molar-refractivity contribution in [3.63, 3.8) is 0 Å². The first-order valence-corrected chi connectivity index (χ1v) is 4.94. The first-order chi connectivity index (χ1) is 5.85. The SMILES string of the molecule is N#CCCN1CC2(CCCC2)C1. The summed E-state index contributed by atoms with van der Waals surface area (Å²) in [7, 11) is 0. The van der Waals surface area contributed by atoms with Crippen LogP contribution in [0.2, 0.25) is 0 Å². The number of rotatable bonds is 2. The van der Waals surface area contributed by atoms with Crippen molar-refractivity contribution in [2.75, 3.05) is 19.6 Å². The van der Waals surface area contributed by atoms with Gasteiger partial charge in [-0.05, 0) is 18.3 Å². The molecule has 2 rings (SSSR count). The highest BCUT2D eigenvalue weighted by Crippen LogP contribution is 2.45. The van der Waals surface area contributed by atoms with Gasteiger partial charge in [-0.3, -0.25) is 0 Å². The van der Waals surface area contributed by atoms with Gasteiger partial charge in [0.2, 0.25) is 0 Å². The molecular weight excluding hydrogens is 148 g/mol. The summed E-state index contributed by atoms with van der Waals surface area (Å²) in [4.78, 5) is 2.43. The fourth-order valence-electron chi connectivity index (χ4n) is 2.71. The molecule has 1 spiro atoms. The maximum absolute atomic E-state index is 8.41. The van der Waals surface area contributed by atoms with Crippen molar-refractivity contribution in [1.82, 2.24) is 4.90 Å². The largest absolute Gasteiger partial charge is 0.301 e. The lowest BCUT2D eigenvalue weighted by molar-refractivity contribution is 0.00812. The topological polar surface area (TPSA) is 27.0 Å². The van der Waals surface area contributed by atoms with Crippen molar-refractivity contribution in [3.05, 3.63) is 0 Å². The van der Waals surface area contributed by atoms with Gasteiger partial charge in [0.25, 0.3) is 0 Å². The van der Waals surface area contributed by atoms with E-state index in [1.165, 1.54) is 38.8 Å². The van der Waals surface area contributed by atoms with E-state index in [1.807, 2.05) is 0 Å². The van der Waals surface area contributed by atoms with Gasteiger partial charge in [-0.1, -0.05) is 12.8 Å². The molecule has 1 heterocycles. The zero-order valence-electron chi connectivity index (χ0n) is 7.55. The molecule has 0 bridgehead atoms. The van der Waals surface area contributed by atoms with Crippen LogP contribution in [0.25, 0.3) is 0 Å². The van der Waals surface area contributed by atoms with E-state index < -0.39 is 0 Å². The Balaban J connectivity index is 1.72. The molecule has 2 heteroatoms. The maximum atomic E-state index is 8.41. The minimum Gasteiger partial charge on any atom is -0.301 e. The molecule has 0 aromatic heterocycles. The van der Waals surface area contributed by atoms with Crippen molar-refractivity contribution in [3.8, 4) is 6.07 Å². The van der Waals surface area contributed by atoms with Crippen LogP contribution in [0.3, 0.4) is 0 Å². The third-order valence-corrected chi connectivity index (χ3v) is 3.32. The van der Waals surface area contributed by atoms with Crippen LogP contribution in [0.5, 0.6) is 0 Å². The van der Waals surface area contributed by atoms with Crippen LogP contribution in [0.1, 0.15) is 32.1 Å². The number of hydrogen-bond donors (Lipinski definition) is 0. The Morgan fingerprint density at radius 2 is 1.92 bits per heavy atom. The summed E-state index contributed by atoms with van der Waals surface area (Å²) < 4.78 is 0. The van der Waals surface area contributed by atoms with E-state index >= 15 is 0 Å². The summed E-state index contributed by atoms with van der Waals surface area (Å²) in [6.45, 7) is 3.54. The third kappa shape index (κ3) is 1.34. The van der Waals surface area contributed by atoms with E-state index in [0.29, 0.717) is 11.8 Å². The molecule has 0 N–H and O–H groups in total. The van der Waals surface area contributed by atoms with Gasteiger partial charge in [-0.15, -0.1) is 0 Å². The molecule has 2 fully saturated rings. The van der Waals surface area contributed by atoms with Gasteiger partial charge < -0.3 is 4.90 Å². The minimum atomic E-state index is 0.704. The van der Waals surface area contributed by atoms with E-state index in [0.717, 1.165) is 6.54 Å². The van der Waals surface area contributed by atoms with E-state index in [1.54, 1.807) is 0 Å². The monoisotopic (exact) mass is 164 g/mol. The normalized spacial score (nSPS) is 26.9. The van der Waals surface area contributed by atoms with Gasteiger partial charge in [-0.25, -0.2) is 0 Å². The summed E-state index contributed by atoms with van der Waals surface area (Å²) in [5.74, 6) is 0. The lowest BCUT2D eigenvalue weighted by Gasteiger charge is -2.48. The van der Waals surface area contributed by atoms with Crippen molar-refractivity contribution < 1.29 is 0 Å². The molecule has 2 nitrogen and oxygen atoms in total. The molecule has 0 amide bonds. The summed E-state index contributed by atoms with van der Waals surface area (Å²) in [6, 6.07) is 2.20. The van der Waals surface area contributed by atoms with E-state index in [9.17, 15) is 0 Å². The van der Waals surface area contributed by atoms with Gasteiger partial charge in [0.1, 0.15) is 0 Å². The summed E-state index contributed by atoms with van der Waals surface area (Å²) in [5.41, 5.74) is 0.704. The highest BCUT2D eigenvalue weighted by molar-refractivity contribution is 4.98. The van der Waals surface area contributed by atoms with Crippen molar-refractivity contribution >= 4 is 0 Å². The molecule has 1 saturated carbocycles. The Hall–Kier alpha value is -0.550. The van der Waals surface area contributed by atoms with Crippen LogP contribution in [0.15, 0.2) is 0 Å². The standard InChI is InChI=1S/C10H16N2/c11-6-3-7-12-8-10(9-12)4-1-2-5-10/h1-5,7-9H2. The van der Waals surface area contributed by atoms with Crippen LogP contribution < -0.4 is 0 Å². The van der Waals surface area contributed by atoms with Gasteiger partial charge in [0.05, 0.1) is 6.07 Å². The fraction of sp³-hybridized carbons (Fsp3) is 0.900. The molecule has 0 unspecified atom stereocenters. The molecule has 0 aromatic rings. The number of hydrogen-bond acceptors (Lipinski definition) is 2. The molecule has 12 heavy (non-hydrogen) atoms. The Labute approximate surface area is 74.2 Å². The lowest BCUT2D eigenvalue weighted by Crippen LogP contribution is -2.54. The second-order valence-corrected chi connectivity index (χ2v) is 4.33. The average Bonchev–Trinajstić information content (AvgIpc) is 2.46. The Morgan fingerprint density at radius 1 is 1.25 bits per heavy atom. The third-order valence-electron chi connectivity index (χ3n) is 3.32. The second kappa shape index (κ2) is 3.06. The highest BCUT2D eigenvalue weighted by atomic mass is 15.2. The van der Waals surface area contributed by atoms with Crippen molar-refractivity contribution in [1.29, 1.82) is 5.26 Å². The maximum Gasteiger partial charge on any atom is 0.0635 e. The molecule has 2 aliphatic rings.